The van der Waals surface area contributed by atoms with Gasteiger partial charge < -0.3 is 15.0 Å². The van der Waals surface area contributed by atoms with Crippen molar-refractivity contribution in [1.82, 2.24) is 9.55 Å². The molecule has 0 amide bonds. The van der Waals surface area contributed by atoms with E-state index in [1.165, 1.54) is 0 Å². The van der Waals surface area contributed by atoms with E-state index in [2.05, 4.69) is 4.98 Å². The normalized spacial score (nSPS) is 14.4. The summed E-state index contributed by atoms with van der Waals surface area (Å²) in [4.78, 5) is 16.2. The van der Waals surface area contributed by atoms with Crippen molar-refractivity contribution < 1.29 is 4.74 Å². The first-order valence-electron chi connectivity index (χ1n) is 6.26. The Balaban J connectivity index is 1.95. The topological polar surface area (TPSA) is 70.1 Å². The molecule has 0 radical (unpaired) electrons. The van der Waals surface area contributed by atoms with E-state index in [0.29, 0.717) is 17.5 Å². The number of nitrogen functional groups attached to an aromatic ring is 1. The molecule has 0 unspecified atom stereocenters. The summed E-state index contributed by atoms with van der Waals surface area (Å²) in [5.41, 5.74) is 7.21. The largest absolute Gasteiger partial charge is 0.432 e. The number of anilines is 1. The van der Waals surface area contributed by atoms with Crippen molar-refractivity contribution in [1.29, 1.82) is 0 Å². The highest BCUT2D eigenvalue weighted by Crippen LogP contribution is 2.33. The van der Waals surface area contributed by atoms with Gasteiger partial charge in [0, 0.05) is 18.4 Å². The molecule has 1 aromatic carbocycles. The molecule has 0 aliphatic heterocycles. The number of aromatic nitrogens is 2. The zero-order chi connectivity index (χ0) is 13.4. The summed E-state index contributed by atoms with van der Waals surface area (Å²) in [5.74, 6) is 0.536. The summed E-state index contributed by atoms with van der Waals surface area (Å²) in [6.45, 7) is 1.95. The van der Waals surface area contributed by atoms with Crippen molar-refractivity contribution in [2.45, 2.75) is 25.8 Å². The van der Waals surface area contributed by atoms with Gasteiger partial charge in [0.1, 0.15) is 0 Å². The van der Waals surface area contributed by atoms with Crippen molar-refractivity contribution >= 4 is 5.69 Å². The van der Waals surface area contributed by atoms with Crippen LogP contribution in [0, 0.1) is 6.92 Å². The Kier molecular flexibility index (Phi) is 2.74. The van der Waals surface area contributed by atoms with Crippen molar-refractivity contribution in [2.24, 2.45) is 0 Å². The standard InChI is InChI=1S/C14H15N3O2/c1-9-2-5-12(11(15)8-9)19-13-14(18)17(7-6-16-13)10-3-4-10/h2,5-8,10H,3-4,15H2,1H3. The van der Waals surface area contributed by atoms with Crippen molar-refractivity contribution in [3.05, 3.63) is 46.5 Å². The molecule has 0 saturated heterocycles. The molecule has 3 rings (SSSR count). The number of hydrogen-bond donors (Lipinski definition) is 1. The number of rotatable bonds is 3. The van der Waals surface area contributed by atoms with Crippen LogP contribution in [0.4, 0.5) is 5.69 Å². The van der Waals surface area contributed by atoms with E-state index in [1.54, 1.807) is 29.1 Å². The van der Waals surface area contributed by atoms with Crippen LogP contribution in [-0.4, -0.2) is 9.55 Å². The van der Waals surface area contributed by atoms with Gasteiger partial charge in [0.2, 0.25) is 0 Å². The van der Waals surface area contributed by atoms with E-state index in [-0.39, 0.29) is 11.4 Å². The van der Waals surface area contributed by atoms with Crippen LogP contribution in [0.2, 0.25) is 0 Å². The van der Waals surface area contributed by atoms with E-state index < -0.39 is 0 Å². The summed E-state index contributed by atoms with van der Waals surface area (Å²) in [6, 6.07) is 5.74. The van der Waals surface area contributed by atoms with Gasteiger partial charge in [-0.25, -0.2) is 4.98 Å². The van der Waals surface area contributed by atoms with Crippen LogP contribution in [0.25, 0.3) is 0 Å². The minimum atomic E-state index is -0.204. The van der Waals surface area contributed by atoms with Gasteiger partial charge >= 0.3 is 5.56 Å². The van der Waals surface area contributed by atoms with Gasteiger partial charge in [0.05, 0.1) is 5.69 Å². The average Bonchev–Trinajstić information content (AvgIpc) is 3.19. The SMILES string of the molecule is Cc1ccc(Oc2nccn(C3CC3)c2=O)c(N)c1. The maximum atomic E-state index is 12.2. The molecule has 98 valence electrons. The molecule has 2 aromatic rings. The lowest BCUT2D eigenvalue weighted by Gasteiger charge is -2.09. The van der Waals surface area contributed by atoms with Crippen LogP contribution in [0.3, 0.4) is 0 Å². The van der Waals surface area contributed by atoms with Gasteiger partial charge in [0.15, 0.2) is 5.75 Å². The smallest absolute Gasteiger partial charge is 0.313 e. The fourth-order valence-corrected chi connectivity index (χ4v) is 1.98. The highest BCUT2D eigenvalue weighted by Gasteiger charge is 2.25. The minimum Gasteiger partial charge on any atom is -0.432 e. The van der Waals surface area contributed by atoms with E-state index in [9.17, 15) is 4.79 Å². The monoisotopic (exact) mass is 257 g/mol. The van der Waals surface area contributed by atoms with Crippen LogP contribution >= 0.6 is 0 Å². The number of nitrogens with two attached hydrogens (primary N) is 1. The third-order valence-electron chi connectivity index (χ3n) is 3.15. The molecule has 1 fully saturated rings. The number of ether oxygens (including phenoxy) is 1. The predicted molar refractivity (Wildman–Crippen MR) is 72.4 cm³/mol. The summed E-state index contributed by atoms with van der Waals surface area (Å²) in [6.07, 6.45) is 5.36. The first-order valence-corrected chi connectivity index (χ1v) is 6.26. The molecule has 0 spiro atoms. The highest BCUT2D eigenvalue weighted by atomic mass is 16.5. The molecule has 2 N–H and O–H groups in total. The zero-order valence-corrected chi connectivity index (χ0v) is 10.7. The predicted octanol–water partition coefficient (Wildman–Crippen LogP) is 2.26. The number of hydrogen-bond acceptors (Lipinski definition) is 4. The number of aryl methyl sites for hydroxylation is 1. The number of nitrogens with zero attached hydrogens (tertiary/aromatic N) is 2. The lowest BCUT2D eigenvalue weighted by molar-refractivity contribution is 0.446. The summed E-state index contributed by atoms with van der Waals surface area (Å²) in [5, 5.41) is 0. The maximum absolute atomic E-state index is 12.2. The first-order chi connectivity index (χ1) is 9.15. The van der Waals surface area contributed by atoms with Crippen LogP contribution in [0.5, 0.6) is 11.6 Å². The maximum Gasteiger partial charge on any atom is 0.313 e. The Labute approximate surface area is 110 Å². The van der Waals surface area contributed by atoms with Crippen molar-refractivity contribution in [3.63, 3.8) is 0 Å². The molecule has 5 nitrogen and oxygen atoms in total. The third kappa shape index (κ3) is 2.31. The second-order valence-corrected chi connectivity index (χ2v) is 4.82. The summed E-state index contributed by atoms with van der Waals surface area (Å²) < 4.78 is 7.22. The van der Waals surface area contributed by atoms with Gasteiger partial charge in [-0.3, -0.25) is 4.79 Å². The third-order valence-corrected chi connectivity index (χ3v) is 3.15. The minimum absolute atomic E-state index is 0.0740. The molecule has 1 aliphatic rings. The van der Waals surface area contributed by atoms with Crippen LogP contribution < -0.4 is 16.0 Å². The Morgan fingerprint density at radius 1 is 1.42 bits per heavy atom. The molecule has 0 bridgehead atoms. The fourth-order valence-electron chi connectivity index (χ4n) is 1.98. The summed E-state index contributed by atoms with van der Waals surface area (Å²) in [7, 11) is 0. The first kappa shape index (κ1) is 11.8. The molecule has 5 heteroatoms. The molecule has 1 saturated carbocycles. The van der Waals surface area contributed by atoms with Gasteiger partial charge in [0.25, 0.3) is 5.88 Å². The van der Waals surface area contributed by atoms with Gasteiger partial charge in [-0.1, -0.05) is 6.07 Å². The Bertz CT molecular complexity index is 675. The molecule has 1 heterocycles. The van der Waals surface area contributed by atoms with E-state index >= 15 is 0 Å². The number of benzene rings is 1. The second kappa shape index (κ2) is 4.42. The Morgan fingerprint density at radius 3 is 2.89 bits per heavy atom. The zero-order valence-electron chi connectivity index (χ0n) is 10.7. The molecule has 0 atom stereocenters. The Hall–Kier alpha value is -2.30. The van der Waals surface area contributed by atoms with Gasteiger partial charge in [-0.05, 0) is 37.5 Å². The van der Waals surface area contributed by atoms with Gasteiger partial charge in [-0.15, -0.1) is 0 Å². The van der Waals surface area contributed by atoms with Crippen LogP contribution in [-0.2, 0) is 0 Å². The lowest BCUT2D eigenvalue weighted by Crippen LogP contribution is -2.20. The van der Waals surface area contributed by atoms with Crippen molar-refractivity contribution in [3.8, 4) is 11.6 Å². The Morgan fingerprint density at radius 2 is 2.21 bits per heavy atom. The molecular formula is C14H15N3O2. The van der Waals surface area contributed by atoms with E-state index in [1.807, 2.05) is 13.0 Å². The average molecular weight is 257 g/mol. The molecular weight excluding hydrogens is 242 g/mol. The molecule has 19 heavy (non-hydrogen) atoms. The van der Waals surface area contributed by atoms with Gasteiger partial charge in [-0.2, -0.15) is 0 Å². The van der Waals surface area contributed by atoms with E-state index in [0.717, 1.165) is 18.4 Å². The molecule has 1 aromatic heterocycles. The van der Waals surface area contributed by atoms with Crippen molar-refractivity contribution in [2.75, 3.05) is 5.73 Å². The van der Waals surface area contributed by atoms with E-state index in [4.69, 9.17) is 10.5 Å². The second-order valence-electron chi connectivity index (χ2n) is 4.82. The highest BCUT2D eigenvalue weighted by molar-refractivity contribution is 5.55. The molecule has 1 aliphatic carbocycles. The lowest BCUT2D eigenvalue weighted by atomic mass is 10.2. The van der Waals surface area contributed by atoms with Crippen LogP contribution in [0.15, 0.2) is 35.4 Å². The fraction of sp³-hybridized carbons (Fsp3) is 0.286. The van der Waals surface area contributed by atoms with Crippen LogP contribution in [0.1, 0.15) is 24.4 Å². The quantitative estimate of drug-likeness (QED) is 0.856. The summed E-state index contributed by atoms with van der Waals surface area (Å²) >= 11 is 0.